The molecule has 31 heavy (non-hydrogen) atoms. The maximum absolute atomic E-state index is 12.3. The van der Waals surface area contributed by atoms with Gasteiger partial charge in [0.15, 0.2) is 5.75 Å². The molecule has 0 aliphatic rings. The molecule has 1 unspecified atom stereocenters. The lowest BCUT2D eigenvalue weighted by molar-refractivity contribution is -0.148. The van der Waals surface area contributed by atoms with Crippen LogP contribution >= 0.6 is 23.2 Å². The van der Waals surface area contributed by atoms with E-state index >= 15 is 0 Å². The third-order valence-electron chi connectivity index (χ3n) is 5.17. The van der Waals surface area contributed by atoms with E-state index < -0.39 is 5.97 Å². The minimum atomic E-state index is -0.442. The van der Waals surface area contributed by atoms with Crippen molar-refractivity contribution in [2.45, 2.75) is 84.2 Å². The molecule has 0 fully saturated rings. The summed E-state index contributed by atoms with van der Waals surface area (Å²) < 4.78 is 10.9. The lowest BCUT2D eigenvalue weighted by atomic mass is 10.1. The highest BCUT2D eigenvalue weighted by atomic mass is 35.5. The highest BCUT2D eigenvalue weighted by Gasteiger charge is 2.16. The van der Waals surface area contributed by atoms with E-state index in [1.54, 1.807) is 12.1 Å². The van der Waals surface area contributed by atoms with Gasteiger partial charge in [0.25, 0.3) is 0 Å². The van der Waals surface area contributed by atoms with Gasteiger partial charge in [-0.15, -0.1) is 0 Å². The van der Waals surface area contributed by atoms with Crippen LogP contribution in [0.5, 0.6) is 5.75 Å². The molecule has 0 aliphatic heterocycles. The lowest BCUT2D eigenvalue weighted by Gasteiger charge is -2.13. The number of hydrogen-bond acceptors (Lipinski definition) is 4. The quantitative estimate of drug-likeness (QED) is 0.171. The van der Waals surface area contributed by atoms with Crippen molar-refractivity contribution < 1.29 is 19.1 Å². The summed E-state index contributed by atoms with van der Waals surface area (Å²) >= 11 is 12.4. The largest absolute Gasteiger partial charge is 0.463 e. The zero-order valence-electron chi connectivity index (χ0n) is 18.4. The summed E-state index contributed by atoms with van der Waals surface area (Å²) in [6, 6.07) is 8.89. The molecule has 0 heterocycles. The smallest absolute Gasteiger partial charge is 0.311 e. The van der Waals surface area contributed by atoms with Gasteiger partial charge in [0.2, 0.25) is 0 Å². The summed E-state index contributed by atoms with van der Waals surface area (Å²) in [6.07, 6.45) is 8.73. The number of rotatable bonds is 13. The van der Waals surface area contributed by atoms with Crippen molar-refractivity contribution in [2.75, 3.05) is 0 Å². The van der Waals surface area contributed by atoms with Crippen LogP contribution in [0.3, 0.4) is 0 Å². The van der Waals surface area contributed by atoms with Gasteiger partial charge in [-0.05, 0) is 32.3 Å². The third-order valence-corrected chi connectivity index (χ3v) is 5.77. The summed E-state index contributed by atoms with van der Waals surface area (Å²) in [4.78, 5) is 24.3. The molecule has 0 bridgehead atoms. The maximum atomic E-state index is 12.3. The van der Waals surface area contributed by atoms with Crippen molar-refractivity contribution in [3.63, 3.8) is 0 Å². The number of benzene rings is 2. The van der Waals surface area contributed by atoms with Crippen LogP contribution in [-0.2, 0) is 14.3 Å². The van der Waals surface area contributed by atoms with Crippen LogP contribution in [0.2, 0.25) is 10.0 Å². The highest BCUT2D eigenvalue weighted by molar-refractivity contribution is 6.40. The van der Waals surface area contributed by atoms with E-state index in [1.165, 1.54) is 32.1 Å². The Kier molecular flexibility index (Phi) is 11.2. The molecular formula is C25H32Cl2O4. The zero-order chi connectivity index (χ0) is 22.6. The Morgan fingerprint density at radius 2 is 1.52 bits per heavy atom. The Hall–Kier alpha value is -1.78. The predicted molar refractivity (Wildman–Crippen MR) is 127 cm³/mol. The molecule has 0 spiro atoms. The van der Waals surface area contributed by atoms with Gasteiger partial charge in [-0.3, -0.25) is 9.59 Å². The van der Waals surface area contributed by atoms with Crippen LogP contribution in [0.25, 0.3) is 10.8 Å². The number of unbranched alkanes of at least 4 members (excludes halogenated alkanes) is 5. The van der Waals surface area contributed by atoms with Gasteiger partial charge in [-0.2, -0.15) is 0 Å². The van der Waals surface area contributed by atoms with Gasteiger partial charge in [0, 0.05) is 23.6 Å². The van der Waals surface area contributed by atoms with Crippen LogP contribution < -0.4 is 4.74 Å². The van der Waals surface area contributed by atoms with Gasteiger partial charge in [-0.1, -0.05) is 86.5 Å². The highest BCUT2D eigenvalue weighted by Crippen LogP contribution is 2.38. The molecule has 0 N–H and O–H groups in total. The predicted octanol–water partition coefficient (Wildman–Crippen LogP) is 7.90. The van der Waals surface area contributed by atoms with Gasteiger partial charge in [0.1, 0.15) is 0 Å². The van der Waals surface area contributed by atoms with Crippen LogP contribution in [-0.4, -0.2) is 18.0 Å². The number of fused-ring (bicyclic) bond motifs is 1. The summed E-state index contributed by atoms with van der Waals surface area (Å²) in [7, 11) is 0. The van der Waals surface area contributed by atoms with Crippen molar-refractivity contribution in [3.05, 3.63) is 40.4 Å². The van der Waals surface area contributed by atoms with Crippen molar-refractivity contribution in [1.29, 1.82) is 0 Å². The molecule has 0 amide bonds. The first-order valence-electron chi connectivity index (χ1n) is 11.2. The van der Waals surface area contributed by atoms with Crippen molar-refractivity contribution in [2.24, 2.45) is 0 Å². The van der Waals surface area contributed by atoms with E-state index in [0.29, 0.717) is 22.6 Å². The molecule has 0 aromatic heterocycles. The molecule has 2 rings (SSSR count). The second-order valence-corrected chi connectivity index (χ2v) is 8.71. The molecule has 4 nitrogen and oxygen atoms in total. The average Bonchev–Trinajstić information content (AvgIpc) is 2.73. The zero-order valence-corrected chi connectivity index (χ0v) is 19.9. The van der Waals surface area contributed by atoms with Crippen LogP contribution in [0.15, 0.2) is 30.3 Å². The van der Waals surface area contributed by atoms with Gasteiger partial charge in [0.05, 0.1) is 16.1 Å². The first-order chi connectivity index (χ1) is 14.9. The topological polar surface area (TPSA) is 52.6 Å². The van der Waals surface area contributed by atoms with E-state index in [1.807, 2.05) is 25.1 Å². The van der Waals surface area contributed by atoms with Crippen molar-refractivity contribution in [1.82, 2.24) is 0 Å². The Balaban J connectivity index is 1.71. The third kappa shape index (κ3) is 8.70. The minimum Gasteiger partial charge on any atom is -0.463 e. The molecule has 0 saturated heterocycles. The number of ether oxygens (including phenoxy) is 2. The fourth-order valence-electron chi connectivity index (χ4n) is 3.47. The molecule has 0 aliphatic carbocycles. The number of carbonyl (C=O) groups is 2. The number of hydrogen-bond donors (Lipinski definition) is 0. The van der Waals surface area contributed by atoms with Gasteiger partial charge < -0.3 is 9.47 Å². The monoisotopic (exact) mass is 466 g/mol. The van der Waals surface area contributed by atoms with Gasteiger partial charge in [-0.25, -0.2) is 0 Å². The summed E-state index contributed by atoms with van der Waals surface area (Å²) in [5.41, 5.74) is 0. The van der Waals surface area contributed by atoms with E-state index in [0.717, 1.165) is 18.2 Å². The Labute approximate surface area is 195 Å². The summed E-state index contributed by atoms with van der Waals surface area (Å²) in [5.74, 6) is -0.426. The molecule has 0 saturated carbocycles. The Morgan fingerprint density at radius 3 is 2.26 bits per heavy atom. The second kappa shape index (κ2) is 13.6. The van der Waals surface area contributed by atoms with E-state index in [9.17, 15) is 9.59 Å². The molecule has 0 radical (unpaired) electrons. The minimum absolute atomic E-state index is 0.0927. The molecule has 170 valence electrons. The van der Waals surface area contributed by atoms with E-state index in [2.05, 4.69) is 6.92 Å². The van der Waals surface area contributed by atoms with Crippen LogP contribution in [0.4, 0.5) is 0 Å². The molecule has 2 aromatic rings. The first-order valence-corrected chi connectivity index (χ1v) is 11.9. The van der Waals surface area contributed by atoms with Crippen molar-refractivity contribution in [3.8, 4) is 5.75 Å². The SMILES string of the molecule is CCCCCCCCC(C)OC(=O)CCCC(=O)Oc1c(Cl)cc(Cl)c2ccccc12. The first kappa shape index (κ1) is 25.5. The van der Waals surface area contributed by atoms with Crippen LogP contribution in [0, 0.1) is 0 Å². The molecule has 6 heteroatoms. The van der Waals surface area contributed by atoms with E-state index in [-0.39, 0.29) is 29.9 Å². The number of carbonyl (C=O) groups excluding carboxylic acids is 2. The molecule has 1 atom stereocenters. The second-order valence-electron chi connectivity index (χ2n) is 7.90. The Morgan fingerprint density at radius 1 is 0.871 bits per heavy atom. The van der Waals surface area contributed by atoms with E-state index in [4.69, 9.17) is 32.7 Å². The molecule has 2 aromatic carbocycles. The maximum Gasteiger partial charge on any atom is 0.311 e. The number of halogens is 2. The summed E-state index contributed by atoms with van der Waals surface area (Å²) in [5, 5.41) is 2.22. The number of esters is 2. The standard InChI is InChI=1S/C25H32Cl2O4/c1-3-4-5-6-7-8-12-18(2)30-23(28)15-11-16-24(29)31-25-20-14-10-9-13-19(20)21(26)17-22(25)27/h9-10,13-14,17-18H,3-8,11-12,15-16H2,1-2H3. The van der Waals surface area contributed by atoms with Crippen LogP contribution in [0.1, 0.15) is 78.1 Å². The van der Waals surface area contributed by atoms with Crippen molar-refractivity contribution >= 4 is 45.9 Å². The fourth-order valence-corrected chi connectivity index (χ4v) is 4.05. The lowest BCUT2D eigenvalue weighted by Crippen LogP contribution is -2.15. The fraction of sp³-hybridized carbons (Fsp3) is 0.520. The van der Waals surface area contributed by atoms with Gasteiger partial charge >= 0.3 is 11.9 Å². The normalized spacial score (nSPS) is 12.0. The average molecular weight is 467 g/mol. The molecular weight excluding hydrogens is 435 g/mol. The Bertz CT molecular complexity index is 866. The summed E-state index contributed by atoms with van der Waals surface area (Å²) in [6.45, 7) is 4.13.